The Hall–Kier alpha value is 0.194. The first-order valence-corrected chi connectivity index (χ1v) is 5.34. The summed E-state index contributed by atoms with van der Waals surface area (Å²) in [5, 5.41) is 0. The molecule has 0 bridgehead atoms. The summed E-state index contributed by atoms with van der Waals surface area (Å²) in [4.78, 5) is 0. The van der Waals surface area contributed by atoms with Crippen LogP contribution >= 0.6 is 0 Å². The van der Waals surface area contributed by atoms with Gasteiger partial charge in [0, 0.05) is 21.7 Å². The Morgan fingerprint density at radius 2 is 1.05 bits per heavy atom. The summed E-state index contributed by atoms with van der Waals surface area (Å²) in [5.41, 5.74) is 0. The molecule has 0 aromatic carbocycles. The molecule has 0 unspecified atom stereocenters. The monoisotopic (exact) mass is 317 g/mol. The van der Waals surface area contributed by atoms with Crippen molar-refractivity contribution in [2.75, 3.05) is 0 Å². The molecule has 0 spiro atoms. The maximum absolute atomic E-state index is 3.49. The number of hydrogen-bond acceptors (Lipinski definition) is 0. The fraction of sp³-hybridized carbons (Fsp3) is 0.368. The van der Waals surface area contributed by atoms with E-state index in [9.17, 15) is 0 Å². The van der Waals surface area contributed by atoms with Crippen molar-refractivity contribution in [3.8, 4) is 0 Å². The summed E-state index contributed by atoms with van der Waals surface area (Å²) in [7, 11) is 0. The average Bonchev–Trinajstić information content (AvgIpc) is 2.63. The van der Waals surface area contributed by atoms with Crippen LogP contribution in [0.5, 0.6) is 0 Å². The van der Waals surface area contributed by atoms with Crippen LogP contribution in [0, 0.1) is 64.0 Å². The van der Waals surface area contributed by atoms with Gasteiger partial charge in [0.25, 0.3) is 0 Å². The largest absolute Gasteiger partial charge is 0.358 e. The molecule has 0 N–H and O–H groups in total. The van der Waals surface area contributed by atoms with Gasteiger partial charge in [-0.2, -0.15) is 25.3 Å². The number of rotatable bonds is 0. The first-order chi connectivity index (χ1) is 6.74. The van der Waals surface area contributed by atoms with Crippen molar-refractivity contribution < 1.29 is 21.7 Å². The molecule has 1 aliphatic rings. The maximum atomic E-state index is 3.49. The average molecular weight is 317 g/mol. The maximum Gasteiger partial charge on any atom is 0 e. The van der Waals surface area contributed by atoms with Crippen LogP contribution in [0.25, 0.3) is 0 Å². The molecule has 1 aliphatic carbocycles. The third-order valence-electron chi connectivity index (χ3n) is 0.586. The van der Waals surface area contributed by atoms with Crippen LogP contribution in [0.4, 0.5) is 0 Å². The standard InChI is InChI=1S/C5H5.3C3H7.5CH3.Ti/c1-2-4-5-3-1;3*1-3-2;;;;;;/h1-3H,4H2;3*1,3H2,2H3;5*1H3;/q9*-1;. The SMILES string of the molecule is [C-]1=CC=CC1.[CH2-]CC.[CH2-]CC.[CH2-]CC.[CH3-].[CH3-].[CH3-].[CH3-].[CH3-].[Ti]. The van der Waals surface area contributed by atoms with Gasteiger partial charge in [-0.1, -0.05) is 20.8 Å². The van der Waals surface area contributed by atoms with Gasteiger partial charge in [0.05, 0.1) is 0 Å². The van der Waals surface area contributed by atoms with Crippen molar-refractivity contribution in [3.63, 3.8) is 0 Å². The van der Waals surface area contributed by atoms with Crippen molar-refractivity contribution in [2.24, 2.45) is 0 Å². The van der Waals surface area contributed by atoms with Crippen LogP contribution in [0.3, 0.4) is 0 Å². The second-order valence-electron chi connectivity index (χ2n) is 2.50. The Labute approximate surface area is 150 Å². The van der Waals surface area contributed by atoms with E-state index in [-0.39, 0.29) is 58.9 Å². The van der Waals surface area contributed by atoms with E-state index >= 15 is 0 Å². The van der Waals surface area contributed by atoms with Gasteiger partial charge in [0.15, 0.2) is 0 Å². The Morgan fingerprint density at radius 1 is 0.800 bits per heavy atom. The normalized spacial score (nSPS) is 7.10. The molecular weight excluding hydrogens is 276 g/mol. The van der Waals surface area contributed by atoms with Crippen LogP contribution < -0.4 is 0 Å². The van der Waals surface area contributed by atoms with Crippen LogP contribution in [0.1, 0.15) is 46.5 Å². The molecule has 0 amide bonds. The molecule has 0 nitrogen and oxygen atoms in total. The second-order valence-corrected chi connectivity index (χ2v) is 2.50. The van der Waals surface area contributed by atoms with E-state index in [1.165, 1.54) is 0 Å². The molecule has 0 atom stereocenters. The van der Waals surface area contributed by atoms with Crippen LogP contribution in [-0.4, -0.2) is 0 Å². The molecule has 0 aliphatic heterocycles. The van der Waals surface area contributed by atoms with Crippen LogP contribution in [0.15, 0.2) is 18.2 Å². The smallest absolute Gasteiger partial charge is 0 e. The summed E-state index contributed by atoms with van der Waals surface area (Å²) in [6.45, 7) is 16.5. The molecule has 0 aromatic rings. The zero-order chi connectivity index (χ0) is 11.7. The van der Waals surface area contributed by atoms with E-state index in [0.29, 0.717) is 0 Å². The quantitative estimate of drug-likeness (QED) is 0.326. The fourth-order valence-electron chi connectivity index (χ4n) is 0.340. The summed E-state index contributed by atoms with van der Waals surface area (Å²) in [6.07, 6.45) is 13.0. The van der Waals surface area contributed by atoms with Gasteiger partial charge in [-0.25, -0.2) is 12.2 Å². The molecule has 0 radical (unpaired) electrons. The predicted octanol–water partition coefficient (Wildman–Crippen LogP) is 7.25. The van der Waals surface area contributed by atoms with E-state index in [1.807, 2.05) is 32.9 Å². The first-order valence-electron chi connectivity index (χ1n) is 5.34. The van der Waals surface area contributed by atoms with Crippen molar-refractivity contribution in [2.45, 2.75) is 46.5 Å². The summed E-state index contributed by atoms with van der Waals surface area (Å²) >= 11 is 0. The Bertz CT molecular complexity index is 89.6. The third-order valence-corrected chi connectivity index (χ3v) is 0.586. The van der Waals surface area contributed by atoms with Gasteiger partial charge < -0.3 is 57.9 Å². The van der Waals surface area contributed by atoms with Crippen LogP contribution in [0.2, 0.25) is 0 Å². The Morgan fingerprint density at radius 3 is 1.10 bits per heavy atom. The van der Waals surface area contributed by atoms with E-state index in [1.54, 1.807) is 0 Å². The van der Waals surface area contributed by atoms with E-state index in [0.717, 1.165) is 25.7 Å². The molecule has 0 aromatic heterocycles. The molecule has 130 valence electrons. The van der Waals surface area contributed by atoms with Gasteiger partial charge in [0.2, 0.25) is 0 Å². The fourth-order valence-corrected chi connectivity index (χ4v) is 0.340. The van der Waals surface area contributed by atoms with E-state index in [4.69, 9.17) is 0 Å². The van der Waals surface area contributed by atoms with E-state index in [2.05, 4.69) is 32.9 Å². The van der Waals surface area contributed by atoms with Crippen molar-refractivity contribution in [3.05, 3.63) is 82.2 Å². The number of allylic oxidation sites excluding steroid dienone is 4. The molecule has 0 saturated carbocycles. The zero-order valence-electron chi connectivity index (χ0n) is 15.7. The molecule has 1 heteroatoms. The molecule has 1 rings (SSSR count). The molecule has 0 heterocycles. The van der Waals surface area contributed by atoms with Crippen LogP contribution in [-0.2, 0) is 21.7 Å². The summed E-state index contributed by atoms with van der Waals surface area (Å²) in [5.74, 6) is 0. The Balaban J connectivity index is -0.0000000108. The number of hydrogen-bond donors (Lipinski definition) is 0. The van der Waals surface area contributed by atoms with Gasteiger partial charge >= 0.3 is 0 Å². The summed E-state index contributed by atoms with van der Waals surface area (Å²) in [6, 6.07) is 0. The minimum Gasteiger partial charge on any atom is -0.358 e. The van der Waals surface area contributed by atoms with Gasteiger partial charge in [-0.05, 0) is 0 Å². The zero-order valence-corrected chi connectivity index (χ0v) is 17.2. The third kappa shape index (κ3) is 199. The topological polar surface area (TPSA) is 0 Å². The summed E-state index contributed by atoms with van der Waals surface area (Å²) < 4.78 is 0. The predicted molar refractivity (Wildman–Crippen MR) is 101 cm³/mol. The van der Waals surface area contributed by atoms with Gasteiger partial charge in [-0.15, -0.1) is 6.42 Å². The minimum absolute atomic E-state index is 0. The second kappa shape index (κ2) is 94.6. The Kier molecular flexibility index (Phi) is 281. The van der Waals surface area contributed by atoms with Gasteiger partial charge in [-0.3, -0.25) is 6.08 Å². The van der Waals surface area contributed by atoms with E-state index < -0.39 is 0 Å². The molecule has 0 fully saturated rings. The first kappa shape index (κ1) is 59.4. The van der Waals surface area contributed by atoms with Gasteiger partial charge in [0.1, 0.15) is 0 Å². The molecule has 20 heavy (non-hydrogen) atoms. The van der Waals surface area contributed by atoms with Crippen molar-refractivity contribution >= 4 is 0 Å². The van der Waals surface area contributed by atoms with Crippen molar-refractivity contribution in [1.82, 2.24) is 0 Å². The minimum atomic E-state index is 0. The molecule has 0 saturated heterocycles. The molecular formula is C19H41Ti-9. The van der Waals surface area contributed by atoms with Crippen molar-refractivity contribution in [1.29, 1.82) is 0 Å².